The molecule has 0 aromatic carbocycles. The quantitative estimate of drug-likeness (QED) is 0.441. The number of guanidine groups is 1. The van der Waals surface area contributed by atoms with Crippen LogP contribution in [0.5, 0.6) is 0 Å². The number of nitrogens with one attached hydrogen (secondary N) is 1. The van der Waals surface area contributed by atoms with E-state index in [1.165, 1.54) is 0 Å². The highest BCUT2D eigenvalue weighted by molar-refractivity contribution is 14.0. The molecule has 6 nitrogen and oxygen atoms in total. The third kappa shape index (κ3) is 6.21. The first-order valence-electron chi connectivity index (χ1n) is 7.32. The average molecular weight is 407 g/mol. The van der Waals surface area contributed by atoms with Gasteiger partial charge in [0.25, 0.3) is 0 Å². The molecule has 120 valence electrons. The Morgan fingerprint density at radius 3 is 3.05 bits per heavy atom. The van der Waals surface area contributed by atoms with Crippen molar-refractivity contribution in [3.05, 3.63) is 18.7 Å². The van der Waals surface area contributed by atoms with Crippen LogP contribution in [-0.4, -0.2) is 60.3 Å². The van der Waals surface area contributed by atoms with Gasteiger partial charge in [-0.15, -0.1) is 24.0 Å². The Bertz CT molecular complexity index is 404. The molecule has 2 rings (SSSR count). The molecule has 1 saturated heterocycles. The zero-order chi connectivity index (χ0) is 14.2. The molecule has 0 bridgehead atoms. The number of ether oxygens (including phenoxy) is 1. The monoisotopic (exact) mass is 407 g/mol. The number of imidazole rings is 1. The van der Waals surface area contributed by atoms with Crippen molar-refractivity contribution in [3.8, 4) is 0 Å². The van der Waals surface area contributed by atoms with E-state index < -0.39 is 0 Å². The highest BCUT2D eigenvalue weighted by atomic mass is 127. The molecule has 1 N–H and O–H groups in total. The molecule has 0 aliphatic carbocycles. The van der Waals surface area contributed by atoms with Crippen molar-refractivity contribution in [3.63, 3.8) is 0 Å². The lowest BCUT2D eigenvalue weighted by molar-refractivity contribution is 0.181. The molecule has 1 aromatic rings. The van der Waals surface area contributed by atoms with Gasteiger partial charge in [0.15, 0.2) is 5.96 Å². The number of aromatic nitrogens is 2. The second-order valence-corrected chi connectivity index (χ2v) is 5.15. The van der Waals surface area contributed by atoms with Gasteiger partial charge in [0.1, 0.15) is 0 Å². The largest absolute Gasteiger partial charge is 0.381 e. The summed E-state index contributed by atoms with van der Waals surface area (Å²) in [6.45, 7) is 7.36. The fourth-order valence-corrected chi connectivity index (χ4v) is 2.36. The second-order valence-electron chi connectivity index (χ2n) is 5.15. The van der Waals surface area contributed by atoms with Crippen LogP contribution in [0.1, 0.15) is 13.3 Å². The Hall–Kier alpha value is -0.830. The minimum Gasteiger partial charge on any atom is -0.381 e. The van der Waals surface area contributed by atoms with Crippen LogP contribution in [0.15, 0.2) is 23.7 Å². The van der Waals surface area contributed by atoms with E-state index in [2.05, 4.69) is 34.2 Å². The lowest BCUT2D eigenvalue weighted by Crippen LogP contribution is -2.41. The summed E-state index contributed by atoms with van der Waals surface area (Å²) in [5.74, 6) is 1.59. The predicted octanol–water partition coefficient (Wildman–Crippen LogP) is 1.43. The first-order chi connectivity index (χ1) is 9.79. The van der Waals surface area contributed by atoms with Crippen molar-refractivity contribution in [2.75, 3.05) is 39.9 Å². The Kier molecular flexibility index (Phi) is 8.67. The minimum atomic E-state index is 0. The molecule has 2 heterocycles. The van der Waals surface area contributed by atoms with E-state index in [0.717, 1.165) is 51.8 Å². The van der Waals surface area contributed by atoms with E-state index in [4.69, 9.17) is 4.74 Å². The maximum Gasteiger partial charge on any atom is 0.193 e. The summed E-state index contributed by atoms with van der Waals surface area (Å²) in [5.41, 5.74) is 0. The van der Waals surface area contributed by atoms with Gasteiger partial charge < -0.3 is 19.5 Å². The summed E-state index contributed by atoms with van der Waals surface area (Å²) in [6, 6.07) is 0. The van der Waals surface area contributed by atoms with Crippen LogP contribution in [0.4, 0.5) is 0 Å². The maximum absolute atomic E-state index is 5.43. The smallest absolute Gasteiger partial charge is 0.193 e. The number of hydrogen-bond acceptors (Lipinski definition) is 3. The van der Waals surface area contributed by atoms with Crippen molar-refractivity contribution in [2.24, 2.45) is 10.9 Å². The number of aliphatic imine (C=N–C) groups is 1. The number of halogens is 1. The highest BCUT2D eigenvalue weighted by Crippen LogP contribution is 2.13. The van der Waals surface area contributed by atoms with Crippen molar-refractivity contribution < 1.29 is 4.74 Å². The third-order valence-corrected chi connectivity index (χ3v) is 3.43. The van der Waals surface area contributed by atoms with Gasteiger partial charge in [-0.1, -0.05) is 0 Å². The SMILES string of the molecule is CCNC(=NCCn1ccnc1)N(C)CC1CCOC1.I. The molecule has 0 spiro atoms. The molecule has 7 heteroatoms. The number of rotatable bonds is 6. The molecule has 1 unspecified atom stereocenters. The lowest BCUT2D eigenvalue weighted by atomic mass is 10.1. The van der Waals surface area contributed by atoms with Crippen LogP contribution in [0.3, 0.4) is 0 Å². The molecule has 1 aromatic heterocycles. The first-order valence-corrected chi connectivity index (χ1v) is 7.32. The molecule has 0 saturated carbocycles. The Balaban J connectivity index is 0.00000220. The van der Waals surface area contributed by atoms with Crippen LogP contribution in [0.2, 0.25) is 0 Å². The third-order valence-electron chi connectivity index (χ3n) is 3.43. The van der Waals surface area contributed by atoms with Gasteiger partial charge in [0.2, 0.25) is 0 Å². The predicted molar refractivity (Wildman–Crippen MR) is 95.2 cm³/mol. The van der Waals surface area contributed by atoms with E-state index >= 15 is 0 Å². The molecule has 1 fully saturated rings. The summed E-state index contributed by atoms with van der Waals surface area (Å²) in [4.78, 5) is 10.9. The van der Waals surface area contributed by atoms with Crippen LogP contribution < -0.4 is 5.32 Å². The van der Waals surface area contributed by atoms with E-state index in [0.29, 0.717) is 5.92 Å². The van der Waals surface area contributed by atoms with Crippen molar-refractivity contribution in [1.82, 2.24) is 19.8 Å². The van der Waals surface area contributed by atoms with Crippen LogP contribution in [0.25, 0.3) is 0 Å². The summed E-state index contributed by atoms with van der Waals surface area (Å²) in [5, 5.41) is 3.35. The molecular weight excluding hydrogens is 381 g/mol. The van der Waals surface area contributed by atoms with Crippen LogP contribution in [0, 0.1) is 5.92 Å². The molecular formula is C14H26IN5O. The topological polar surface area (TPSA) is 54.7 Å². The van der Waals surface area contributed by atoms with E-state index in [1.807, 2.05) is 17.1 Å². The minimum absolute atomic E-state index is 0. The maximum atomic E-state index is 5.43. The van der Waals surface area contributed by atoms with Crippen molar-refractivity contribution in [1.29, 1.82) is 0 Å². The second kappa shape index (κ2) is 9.99. The van der Waals surface area contributed by atoms with Gasteiger partial charge in [-0.05, 0) is 13.3 Å². The first kappa shape index (κ1) is 18.2. The van der Waals surface area contributed by atoms with Crippen LogP contribution in [-0.2, 0) is 11.3 Å². The van der Waals surface area contributed by atoms with Crippen molar-refractivity contribution >= 4 is 29.9 Å². The molecule has 1 atom stereocenters. The van der Waals surface area contributed by atoms with Gasteiger partial charge in [0.05, 0.1) is 19.5 Å². The van der Waals surface area contributed by atoms with Crippen molar-refractivity contribution in [2.45, 2.75) is 19.9 Å². The van der Waals surface area contributed by atoms with E-state index in [9.17, 15) is 0 Å². The van der Waals surface area contributed by atoms with Crippen LogP contribution >= 0.6 is 24.0 Å². The van der Waals surface area contributed by atoms with E-state index in [1.54, 1.807) is 6.20 Å². The zero-order valence-corrected chi connectivity index (χ0v) is 15.2. The molecule has 1 aliphatic heterocycles. The average Bonchev–Trinajstić information content (AvgIpc) is 3.10. The molecule has 1 aliphatic rings. The summed E-state index contributed by atoms with van der Waals surface area (Å²) < 4.78 is 7.47. The number of hydrogen-bond donors (Lipinski definition) is 1. The molecule has 0 amide bonds. The Morgan fingerprint density at radius 2 is 2.43 bits per heavy atom. The Morgan fingerprint density at radius 1 is 1.57 bits per heavy atom. The fourth-order valence-electron chi connectivity index (χ4n) is 2.36. The van der Waals surface area contributed by atoms with Gasteiger partial charge in [-0.3, -0.25) is 4.99 Å². The number of nitrogens with zero attached hydrogens (tertiary/aromatic N) is 4. The van der Waals surface area contributed by atoms with E-state index in [-0.39, 0.29) is 24.0 Å². The van der Waals surface area contributed by atoms with Gasteiger partial charge in [-0.25, -0.2) is 4.98 Å². The zero-order valence-electron chi connectivity index (χ0n) is 12.9. The molecule has 0 radical (unpaired) electrons. The highest BCUT2D eigenvalue weighted by Gasteiger charge is 2.18. The molecule has 21 heavy (non-hydrogen) atoms. The van der Waals surface area contributed by atoms with Gasteiger partial charge in [-0.2, -0.15) is 0 Å². The summed E-state index contributed by atoms with van der Waals surface area (Å²) >= 11 is 0. The lowest BCUT2D eigenvalue weighted by Gasteiger charge is -2.24. The normalized spacial score (nSPS) is 18.4. The Labute approximate surface area is 144 Å². The van der Waals surface area contributed by atoms with Gasteiger partial charge >= 0.3 is 0 Å². The fraction of sp³-hybridized carbons (Fsp3) is 0.714. The summed E-state index contributed by atoms with van der Waals surface area (Å²) in [6.07, 6.45) is 6.73. The summed E-state index contributed by atoms with van der Waals surface area (Å²) in [7, 11) is 2.09. The van der Waals surface area contributed by atoms with Gasteiger partial charge in [0, 0.05) is 51.6 Å². The standard InChI is InChI=1S/C14H25N5O.HI/c1-3-16-14(17-6-8-19-7-5-15-12-19)18(2)10-13-4-9-20-11-13;/h5,7,12-13H,3-4,6,8-11H2,1-2H3,(H,16,17);1H.